The van der Waals surface area contributed by atoms with Gasteiger partial charge in [0, 0.05) is 31.9 Å². The number of amides is 1. The molecule has 2 aromatic carbocycles. The number of ether oxygens (including phenoxy) is 1. The molecule has 1 fully saturated rings. The summed E-state index contributed by atoms with van der Waals surface area (Å²) in [7, 11) is -1.97. The van der Waals surface area contributed by atoms with Crippen molar-refractivity contribution in [2.75, 3.05) is 45.2 Å². The molecule has 1 saturated heterocycles. The molecule has 0 saturated carbocycles. The summed E-state index contributed by atoms with van der Waals surface area (Å²) in [5.74, 6) is 0.357. The Kier molecular flexibility index (Phi) is 6.56. The minimum atomic E-state index is -3.49. The molecule has 1 aliphatic rings. The molecule has 0 spiro atoms. The predicted molar refractivity (Wildman–Crippen MR) is 108 cm³/mol. The van der Waals surface area contributed by atoms with Gasteiger partial charge in [-0.25, -0.2) is 8.42 Å². The molecular formula is C19H22ClN3O4S. The van der Waals surface area contributed by atoms with Crippen LogP contribution >= 0.6 is 11.6 Å². The average Bonchev–Trinajstić information content (AvgIpc) is 2.69. The van der Waals surface area contributed by atoms with Crippen LogP contribution in [0.25, 0.3) is 0 Å². The number of rotatable bonds is 6. The van der Waals surface area contributed by atoms with Crippen LogP contribution in [0.5, 0.6) is 5.75 Å². The largest absolute Gasteiger partial charge is 0.495 e. The van der Waals surface area contributed by atoms with Gasteiger partial charge in [0.05, 0.1) is 23.6 Å². The number of hydrogen-bond acceptors (Lipinski definition) is 5. The molecule has 28 heavy (non-hydrogen) atoms. The molecule has 0 radical (unpaired) electrons. The molecule has 3 rings (SSSR count). The van der Waals surface area contributed by atoms with Crippen LogP contribution in [0, 0.1) is 0 Å². The highest BCUT2D eigenvalue weighted by Crippen LogP contribution is 2.27. The molecule has 1 heterocycles. The van der Waals surface area contributed by atoms with Crippen molar-refractivity contribution in [3.8, 4) is 5.75 Å². The maximum Gasteiger partial charge on any atom is 0.243 e. The number of piperazine rings is 1. The van der Waals surface area contributed by atoms with E-state index in [2.05, 4.69) is 5.32 Å². The zero-order valence-electron chi connectivity index (χ0n) is 15.5. The first-order valence-corrected chi connectivity index (χ1v) is 10.6. The van der Waals surface area contributed by atoms with Crippen molar-refractivity contribution in [3.05, 3.63) is 53.6 Å². The van der Waals surface area contributed by atoms with E-state index in [9.17, 15) is 13.2 Å². The lowest BCUT2D eigenvalue weighted by Crippen LogP contribution is -2.50. The smallest absolute Gasteiger partial charge is 0.243 e. The van der Waals surface area contributed by atoms with Gasteiger partial charge in [-0.15, -0.1) is 0 Å². The maximum absolute atomic E-state index is 12.6. The standard InChI is InChI=1S/C19H22ClN3O4S/c1-27-18-8-7-15(13-17(18)20)21-19(24)14-22-9-11-23(12-10-22)28(25,26)16-5-3-2-4-6-16/h2-8,13H,9-12,14H2,1H3,(H,21,24). The van der Waals surface area contributed by atoms with Crippen molar-refractivity contribution in [2.24, 2.45) is 0 Å². The maximum atomic E-state index is 12.6. The fourth-order valence-electron chi connectivity index (χ4n) is 3.02. The van der Waals surface area contributed by atoms with E-state index in [4.69, 9.17) is 16.3 Å². The van der Waals surface area contributed by atoms with Gasteiger partial charge in [-0.2, -0.15) is 4.31 Å². The van der Waals surface area contributed by atoms with Gasteiger partial charge in [-0.3, -0.25) is 9.69 Å². The Morgan fingerprint density at radius 3 is 2.39 bits per heavy atom. The number of sulfonamides is 1. The number of hydrogen-bond donors (Lipinski definition) is 1. The summed E-state index contributed by atoms with van der Waals surface area (Å²) < 4.78 is 31.8. The molecule has 1 N–H and O–H groups in total. The topological polar surface area (TPSA) is 79.0 Å². The molecule has 0 bridgehead atoms. The Morgan fingerprint density at radius 2 is 1.79 bits per heavy atom. The third-order valence-corrected chi connectivity index (χ3v) is 6.72. The second kappa shape index (κ2) is 8.91. The summed E-state index contributed by atoms with van der Waals surface area (Å²) in [6, 6.07) is 13.4. The molecule has 0 aliphatic carbocycles. The Morgan fingerprint density at radius 1 is 1.11 bits per heavy atom. The first-order chi connectivity index (χ1) is 13.4. The monoisotopic (exact) mass is 423 g/mol. The zero-order valence-corrected chi connectivity index (χ0v) is 17.0. The molecule has 0 atom stereocenters. The van der Waals surface area contributed by atoms with Gasteiger partial charge in [-0.1, -0.05) is 29.8 Å². The average molecular weight is 424 g/mol. The highest BCUT2D eigenvalue weighted by atomic mass is 35.5. The minimum Gasteiger partial charge on any atom is -0.495 e. The summed E-state index contributed by atoms with van der Waals surface area (Å²) >= 11 is 6.07. The highest BCUT2D eigenvalue weighted by Gasteiger charge is 2.28. The number of nitrogens with zero attached hydrogens (tertiary/aromatic N) is 2. The fraction of sp³-hybridized carbons (Fsp3) is 0.316. The number of nitrogens with one attached hydrogen (secondary N) is 1. The molecule has 0 unspecified atom stereocenters. The van der Waals surface area contributed by atoms with E-state index in [0.29, 0.717) is 42.6 Å². The van der Waals surface area contributed by atoms with Crippen molar-refractivity contribution in [3.63, 3.8) is 0 Å². The number of benzene rings is 2. The molecule has 1 amide bonds. The number of methoxy groups -OCH3 is 1. The quantitative estimate of drug-likeness (QED) is 0.771. The number of anilines is 1. The van der Waals surface area contributed by atoms with Crippen molar-refractivity contribution in [2.45, 2.75) is 4.90 Å². The molecule has 1 aliphatic heterocycles. The lowest BCUT2D eigenvalue weighted by atomic mass is 10.3. The number of halogens is 1. The Balaban J connectivity index is 1.53. The highest BCUT2D eigenvalue weighted by molar-refractivity contribution is 7.89. The van der Waals surface area contributed by atoms with E-state index in [1.165, 1.54) is 11.4 Å². The van der Waals surface area contributed by atoms with Gasteiger partial charge in [0.25, 0.3) is 0 Å². The van der Waals surface area contributed by atoms with Crippen molar-refractivity contribution >= 4 is 33.2 Å². The van der Waals surface area contributed by atoms with Gasteiger partial charge in [0.1, 0.15) is 5.75 Å². The Hall–Kier alpha value is -2.13. The van der Waals surface area contributed by atoms with Crippen LogP contribution in [0.1, 0.15) is 0 Å². The SMILES string of the molecule is COc1ccc(NC(=O)CN2CCN(S(=O)(=O)c3ccccc3)CC2)cc1Cl. The van der Waals surface area contributed by atoms with Gasteiger partial charge < -0.3 is 10.1 Å². The van der Waals surface area contributed by atoms with Crippen molar-refractivity contribution < 1.29 is 17.9 Å². The van der Waals surface area contributed by atoms with Crippen LogP contribution in [0.4, 0.5) is 5.69 Å². The van der Waals surface area contributed by atoms with E-state index in [0.717, 1.165) is 0 Å². The molecule has 7 nitrogen and oxygen atoms in total. The van der Waals surface area contributed by atoms with Crippen molar-refractivity contribution in [1.29, 1.82) is 0 Å². The normalized spacial score (nSPS) is 15.9. The van der Waals surface area contributed by atoms with Gasteiger partial charge in [0.15, 0.2) is 0 Å². The second-order valence-corrected chi connectivity index (χ2v) is 8.74. The molecule has 2 aromatic rings. The van der Waals surface area contributed by atoms with Gasteiger partial charge in [0.2, 0.25) is 15.9 Å². The Labute approximate surface area is 169 Å². The van der Waals surface area contributed by atoms with Crippen LogP contribution in [0.3, 0.4) is 0 Å². The van der Waals surface area contributed by atoms with E-state index < -0.39 is 10.0 Å². The minimum absolute atomic E-state index is 0.180. The molecule has 150 valence electrons. The summed E-state index contributed by atoms with van der Waals surface area (Å²) in [5, 5.41) is 3.21. The van der Waals surface area contributed by atoms with Crippen molar-refractivity contribution in [1.82, 2.24) is 9.21 Å². The predicted octanol–water partition coefficient (Wildman–Crippen LogP) is 2.29. The van der Waals surface area contributed by atoms with E-state index >= 15 is 0 Å². The lowest BCUT2D eigenvalue weighted by Gasteiger charge is -2.33. The first kappa shape index (κ1) is 20.6. The molecular weight excluding hydrogens is 402 g/mol. The molecule has 0 aromatic heterocycles. The fourth-order valence-corrected chi connectivity index (χ4v) is 4.72. The van der Waals surface area contributed by atoms with Crippen LogP contribution in [-0.2, 0) is 14.8 Å². The summed E-state index contributed by atoms with van der Waals surface area (Å²) in [4.78, 5) is 14.5. The van der Waals surface area contributed by atoms with Crippen LogP contribution in [0.2, 0.25) is 5.02 Å². The van der Waals surface area contributed by atoms with Crippen LogP contribution < -0.4 is 10.1 Å². The molecule has 9 heteroatoms. The number of carbonyl (C=O) groups is 1. The third-order valence-electron chi connectivity index (χ3n) is 4.52. The third kappa shape index (κ3) is 4.82. The van der Waals surface area contributed by atoms with Crippen LogP contribution in [-0.4, -0.2) is 63.4 Å². The first-order valence-electron chi connectivity index (χ1n) is 8.81. The van der Waals surface area contributed by atoms with E-state index in [-0.39, 0.29) is 17.3 Å². The lowest BCUT2D eigenvalue weighted by molar-refractivity contribution is -0.117. The summed E-state index contributed by atoms with van der Waals surface area (Å²) in [6.07, 6.45) is 0. The van der Waals surface area contributed by atoms with Gasteiger partial charge in [-0.05, 0) is 30.3 Å². The van der Waals surface area contributed by atoms with Gasteiger partial charge >= 0.3 is 0 Å². The Bertz CT molecular complexity index is 929. The van der Waals surface area contributed by atoms with E-state index in [1.807, 2.05) is 4.90 Å². The zero-order chi connectivity index (χ0) is 20.1. The second-order valence-electron chi connectivity index (χ2n) is 6.39. The van der Waals surface area contributed by atoms with E-state index in [1.54, 1.807) is 48.5 Å². The number of carbonyl (C=O) groups excluding carboxylic acids is 1. The summed E-state index contributed by atoms with van der Waals surface area (Å²) in [6.45, 7) is 1.85. The van der Waals surface area contributed by atoms with Crippen LogP contribution in [0.15, 0.2) is 53.4 Å². The summed E-state index contributed by atoms with van der Waals surface area (Å²) in [5.41, 5.74) is 0.584.